The molecule has 0 radical (unpaired) electrons. The average molecular weight is 354 g/mol. The van der Waals surface area contributed by atoms with Crippen LogP contribution >= 0.6 is 0 Å². The second-order valence-corrected chi connectivity index (χ2v) is 8.24. The number of hydrogen-bond donors (Lipinski definition) is 1. The lowest BCUT2D eigenvalue weighted by Crippen LogP contribution is -2.55. The lowest BCUT2D eigenvalue weighted by atomic mass is 10.1. The van der Waals surface area contributed by atoms with Gasteiger partial charge in [0, 0.05) is 38.1 Å². The molecule has 0 spiro atoms. The standard InChI is InChI=1S/C21H31N5/c1-16(2)13-25-14-17(15-25)22-21-23-19-10-6-5-9-18(19)20(24-21)26-11-7-3-4-8-12-26/h5-6,9-10,16-17H,3-4,7-8,11-15H2,1-2H3,(H,22,23,24). The summed E-state index contributed by atoms with van der Waals surface area (Å²) in [6.07, 6.45) is 5.18. The van der Waals surface area contributed by atoms with Crippen molar-refractivity contribution in [3.63, 3.8) is 0 Å². The SMILES string of the molecule is CC(C)CN1CC(Nc2nc(N3CCCCCC3)c3ccccc3n2)C1. The van der Waals surface area contributed by atoms with Crippen molar-refractivity contribution in [1.29, 1.82) is 0 Å². The maximum absolute atomic E-state index is 4.96. The second-order valence-electron chi connectivity index (χ2n) is 8.24. The van der Waals surface area contributed by atoms with Crippen molar-refractivity contribution in [2.75, 3.05) is 42.9 Å². The monoisotopic (exact) mass is 353 g/mol. The van der Waals surface area contributed by atoms with Crippen LogP contribution in [0.2, 0.25) is 0 Å². The Morgan fingerprint density at radius 3 is 2.50 bits per heavy atom. The Morgan fingerprint density at radius 2 is 1.77 bits per heavy atom. The van der Waals surface area contributed by atoms with E-state index in [9.17, 15) is 0 Å². The summed E-state index contributed by atoms with van der Waals surface area (Å²) < 4.78 is 0. The molecule has 1 aromatic carbocycles. The van der Waals surface area contributed by atoms with Crippen molar-refractivity contribution >= 4 is 22.7 Å². The number of likely N-dealkylation sites (tertiary alicyclic amines) is 1. The Hall–Kier alpha value is -1.88. The fraction of sp³-hybridized carbons (Fsp3) is 0.619. The van der Waals surface area contributed by atoms with Crippen molar-refractivity contribution in [2.45, 2.75) is 45.6 Å². The lowest BCUT2D eigenvalue weighted by molar-refractivity contribution is 0.143. The summed E-state index contributed by atoms with van der Waals surface area (Å²) >= 11 is 0. The van der Waals surface area contributed by atoms with Crippen LogP contribution in [-0.4, -0.2) is 53.6 Å². The number of rotatable bonds is 5. The molecule has 5 nitrogen and oxygen atoms in total. The molecule has 2 aromatic rings. The third-order valence-electron chi connectivity index (χ3n) is 5.40. The van der Waals surface area contributed by atoms with Crippen LogP contribution in [0, 0.1) is 5.92 Å². The van der Waals surface area contributed by atoms with E-state index in [4.69, 9.17) is 9.97 Å². The molecule has 2 aliphatic rings. The van der Waals surface area contributed by atoms with Gasteiger partial charge in [-0.25, -0.2) is 4.98 Å². The molecule has 140 valence electrons. The first-order chi connectivity index (χ1) is 12.7. The number of para-hydroxylation sites is 1. The minimum atomic E-state index is 0.465. The van der Waals surface area contributed by atoms with E-state index in [2.05, 4.69) is 53.2 Å². The normalized spacial score (nSPS) is 19.6. The first kappa shape index (κ1) is 17.5. The molecule has 5 heteroatoms. The van der Waals surface area contributed by atoms with Gasteiger partial charge in [-0.1, -0.05) is 38.8 Å². The Kier molecular flexibility index (Phi) is 5.25. The van der Waals surface area contributed by atoms with Crippen molar-refractivity contribution in [3.05, 3.63) is 24.3 Å². The maximum Gasteiger partial charge on any atom is 0.225 e. The quantitative estimate of drug-likeness (QED) is 0.887. The molecule has 1 N–H and O–H groups in total. The van der Waals surface area contributed by atoms with E-state index in [0.29, 0.717) is 6.04 Å². The third-order valence-corrected chi connectivity index (χ3v) is 5.40. The number of anilines is 2. The minimum absolute atomic E-state index is 0.465. The molecule has 4 rings (SSSR count). The second kappa shape index (κ2) is 7.78. The molecule has 2 fully saturated rings. The topological polar surface area (TPSA) is 44.3 Å². The molecule has 1 aromatic heterocycles. The van der Waals surface area contributed by atoms with Crippen LogP contribution in [0.3, 0.4) is 0 Å². The van der Waals surface area contributed by atoms with Crippen LogP contribution in [0.25, 0.3) is 10.9 Å². The van der Waals surface area contributed by atoms with Crippen molar-refractivity contribution in [2.24, 2.45) is 5.92 Å². The maximum atomic E-state index is 4.96. The molecule has 3 heterocycles. The molecule has 26 heavy (non-hydrogen) atoms. The number of hydrogen-bond acceptors (Lipinski definition) is 5. The summed E-state index contributed by atoms with van der Waals surface area (Å²) in [5, 5.41) is 4.75. The zero-order valence-corrected chi connectivity index (χ0v) is 16.1. The molecule has 0 bridgehead atoms. The Balaban J connectivity index is 1.54. The number of benzene rings is 1. The summed E-state index contributed by atoms with van der Waals surface area (Å²) in [5.41, 5.74) is 1.04. The molecular formula is C21H31N5. The highest BCUT2D eigenvalue weighted by Gasteiger charge is 2.28. The number of aromatic nitrogens is 2. The highest BCUT2D eigenvalue weighted by molar-refractivity contribution is 5.90. The van der Waals surface area contributed by atoms with E-state index in [1.54, 1.807) is 0 Å². The Morgan fingerprint density at radius 1 is 1.04 bits per heavy atom. The van der Waals surface area contributed by atoms with Gasteiger partial charge in [-0.15, -0.1) is 0 Å². The Bertz CT molecular complexity index is 730. The molecule has 0 amide bonds. The molecule has 0 unspecified atom stereocenters. The van der Waals surface area contributed by atoms with Crippen molar-refractivity contribution in [1.82, 2.24) is 14.9 Å². The molecule has 0 saturated carbocycles. The first-order valence-corrected chi connectivity index (χ1v) is 10.2. The van der Waals surface area contributed by atoms with E-state index in [0.717, 1.165) is 49.4 Å². The van der Waals surface area contributed by atoms with Gasteiger partial charge >= 0.3 is 0 Å². The molecule has 0 atom stereocenters. The molecular weight excluding hydrogens is 322 g/mol. The number of nitrogens with zero attached hydrogens (tertiary/aromatic N) is 4. The van der Waals surface area contributed by atoms with Gasteiger partial charge in [0.1, 0.15) is 5.82 Å². The number of fused-ring (bicyclic) bond motifs is 1. The van der Waals surface area contributed by atoms with Crippen molar-refractivity contribution < 1.29 is 0 Å². The van der Waals surface area contributed by atoms with Gasteiger partial charge in [0.15, 0.2) is 0 Å². The fourth-order valence-electron chi connectivity index (χ4n) is 4.16. The zero-order valence-electron chi connectivity index (χ0n) is 16.1. The van der Waals surface area contributed by atoms with E-state index < -0.39 is 0 Å². The smallest absolute Gasteiger partial charge is 0.225 e. The largest absolute Gasteiger partial charge is 0.356 e. The summed E-state index contributed by atoms with van der Waals surface area (Å²) in [7, 11) is 0. The summed E-state index contributed by atoms with van der Waals surface area (Å²) in [6, 6.07) is 8.89. The first-order valence-electron chi connectivity index (χ1n) is 10.2. The van der Waals surface area contributed by atoms with Gasteiger partial charge in [0.2, 0.25) is 5.95 Å². The summed E-state index contributed by atoms with van der Waals surface area (Å²) in [6.45, 7) is 10.1. The molecule has 2 saturated heterocycles. The van der Waals surface area contributed by atoms with Gasteiger partial charge in [-0.3, -0.25) is 4.90 Å². The van der Waals surface area contributed by atoms with Gasteiger partial charge in [-0.2, -0.15) is 4.98 Å². The third kappa shape index (κ3) is 3.93. The minimum Gasteiger partial charge on any atom is -0.356 e. The molecule has 2 aliphatic heterocycles. The molecule has 0 aliphatic carbocycles. The van der Waals surface area contributed by atoms with Gasteiger partial charge in [-0.05, 0) is 30.9 Å². The predicted octanol–water partition coefficient (Wildman–Crippen LogP) is 3.76. The van der Waals surface area contributed by atoms with E-state index in [1.165, 1.54) is 37.6 Å². The Labute approximate surface area is 156 Å². The van der Waals surface area contributed by atoms with Gasteiger partial charge in [0.05, 0.1) is 11.6 Å². The van der Waals surface area contributed by atoms with Crippen LogP contribution < -0.4 is 10.2 Å². The van der Waals surface area contributed by atoms with E-state index >= 15 is 0 Å². The van der Waals surface area contributed by atoms with Gasteiger partial charge in [0.25, 0.3) is 0 Å². The van der Waals surface area contributed by atoms with Crippen LogP contribution in [0.1, 0.15) is 39.5 Å². The highest BCUT2D eigenvalue weighted by Crippen LogP contribution is 2.28. The van der Waals surface area contributed by atoms with Crippen LogP contribution in [0.15, 0.2) is 24.3 Å². The van der Waals surface area contributed by atoms with E-state index in [-0.39, 0.29) is 0 Å². The zero-order chi connectivity index (χ0) is 17.9. The van der Waals surface area contributed by atoms with Crippen LogP contribution in [-0.2, 0) is 0 Å². The average Bonchev–Trinajstić information content (AvgIpc) is 2.88. The van der Waals surface area contributed by atoms with E-state index in [1.807, 2.05) is 0 Å². The summed E-state index contributed by atoms with van der Waals surface area (Å²) in [4.78, 5) is 14.7. The van der Waals surface area contributed by atoms with Crippen LogP contribution in [0.5, 0.6) is 0 Å². The lowest BCUT2D eigenvalue weighted by Gasteiger charge is -2.40. The highest BCUT2D eigenvalue weighted by atomic mass is 15.3. The fourth-order valence-corrected chi connectivity index (χ4v) is 4.16. The predicted molar refractivity (Wildman–Crippen MR) is 109 cm³/mol. The number of nitrogens with one attached hydrogen (secondary N) is 1. The van der Waals surface area contributed by atoms with Gasteiger partial charge < -0.3 is 10.2 Å². The van der Waals surface area contributed by atoms with Crippen LogP contribution in [0.4, 0.5) is 11.8 Å². The summed E-state index contributed by atoms with van der Waals surface area (Å²) in [5.74, 6) is 2.62. The van der Waals surface area contributed by atoms with Crippen molar-refractivity contribution in [3.8, 4) is 0 Å².